The number of hydrogen-bond donors (Lipinski definition) is 2. The lowest BCUT2D eigenvalue weighted by atomic mass is 9.96. The van der Waals surface area contributed by atoms with Crippen LogP contribution in [-0.4, -0.2) is 5.91 Å². The Kier molecular flexibility index (Phi) is 6.40. The maximum atomic E-state index is 12.9. The predicted octanol–water partition coefficient (Wildman–Crippen LogP) is 7.47. The maximum absolute atomic E-state index is 12.9. The van der Waals surface area contributed by atoms with E-state index in [1.54, 1.807) is 11.3 Å². The summed E-state index contributed by atoms with van der Waals surface area (Å²) < 4.78 is 0. The molecule has 0 aliphatic carbocycles. The molecule has 3 aromatic carbocycles. The van der Waals surface area contributed by atoms with Gasteiger partial charge in [0.25, 0.3) is 5.91 Å². The van der Waals surface area contributed by atoms with Crippen LogP contribution in [-0.2, 0) is 0 Å². The van der Waals surface area contributed by atoms with Crippen molar-refractivity contribution in [2.75, 3.05) is 10.6 Å². The average Bonchev–Trinajstić information content (AvgIpc) is 3.07. The lowest BCUT2D eigenvalue weighted by Crippen LogP contribution is -2.17. The predicted molar refractivity (Wildman–Crippen MR) is 132 cm³/mol. The van der Waals surface area contributed by atoms with E-state index in [1.165, 1.54) is 10.4 Å². The highest BCUT2D eigenvalue weighted by Crippen LogP contribution is 2.41. The highest BCUT2D eigenvalue weighted by atomic mass is 35.5. The van der Waals surface area contributed by atoms with Crippen LogP contribution in [0.4, 0.5) is 10.7 Å². The van der Waals surface area contributed by atoms with Crippen molar-refractivity contribution in [3.63, 3.8) is 0 Å². The molecule has 1 amide bonds. The summed E-state index contributed by atoms with van der Waals surface area (Å²) in [5.41, 5.74) is 4.96. The Morgan fingerprint density at radius 1 is 0.871 bits per heavy atom. The minimum Gasteiger partial charge on any atom is -0.374 e. The fourth-order valence-electron chi connectivity index (χ4n) is 3.53. The second-order valence-corrected chi connectivity index (χ2v) is 9.00. The minimum absolute atomic E-state index is 0.110. The highest BCUT2D eigenvalue weighted by Gasteiger charge is 2.24. The van der Waals surface area contributed by atoms with Crippen LogP contribution in [0.25, 0.3) is 0 Å². The monoisotopic (exact) mass is 446 g/mol. The number of rotatable bonds is 6. The van der Waals surface area contributed by atoms with E-state index in [-0.39, 0.29) is 11.9 Å². The van der Waals surface area contributed by atoms with Gasteiger partial charge in [-0.2, -0.15) is 0 Å². The number of amides is 1. The molecule has 0 aliphatic rings. The average molecular weight is 447 g/mol. The zero-order valence-electron chi connectivity index (χ0n) is 17.4. The van der Waals surface area contributed by atoms with Crippen LogP contribution in [0.5, 0.6) is 0 Å². The van der Waals surface area contributed by atoms with E-state index in [2.05, 4.69) is 36.6 Å². The number of halogens is 1. The third kappa shape index (κ3) is 4.82. The van der Waals surface area contributed by atoms with Crippen molar-refractivity contribution in [3.05, 3.63) is 117 Å². The van der Waals surface area contributed by atoms with E-state index in [1.807, 2.05) is 72.8 Å². The molecule has 0 saturated carbocycles. The first-order valence-electron chi connectivity index (χ1n) is 10.1. The Hall–Kier alpha value is -3.08. The van der Waals surface area contributed by atoms with Crippen molar-refractivity contribution in [1.82, 2.24) is 0 Å². The zero-order valence-corrected chi connectivity index (χ0v) is 18.9. The van der Waals surface area contributed by atoms with Gasteiger partial charge in [-0.15, -0.1) is 11.3 Å². The van der Waals surface area contributed by atoms with E-state index >= 15 is 0 Å². The number of aryl methyl sites for hydroxylation is 1. The van der Waals surface area contributed by atoms with E-state index in [4.69, 9.17) is 11.6 Å². The Balaban J connectivity index is 1.75. The molecule has 2 N–H and O–H groups in total. The molecule has 0 saturated heterocycles. The van der Waals surface area contributed by atoms with E-state index in [0.29, 0.717) is 10.6 Å². The van der Waals surface area contributed by atoms with Gasteiger partial charge in [0, 0.05) is 26.7 Å². The molecule has 4 rings (SSSR count). The Labute approximate surface area is 191 Å². The molecule has 0 spiro atoms. The molecule has 4 aromatic rings. The first-order chi connectivity index (χ1) is 15.0. The quantitative estimate of drug-likeness (QED) is 0.322. The summed E-state index contributed by atoms with van der Waals surface area (Å²) in [5.74, 6) is -0.110. The zero-order chi connectivity index (χ0) is 21.8. The molecule has 3 nitrogen and oxygen atoms in total. The number of nitrogens with one attached hydrogen (secondary N) is 2. The number of carbonyl (C=O) groups excluding carboxylic acids is 1. The summed E-state index contributed by atoms with van der Waals surface area (Å²) in [4.78, 5) is 14.1. The standard InChI is InChI=1S/C26H23ClN2OS/c1-17-18(2)31-26(29-25(30)20-11-7-4-8-12-20)23(17)24(19-9-5-3-6-10-19)28-22-15-13-21(27)14-16-22/h3-16,24,28H,1-2H3,(H,29,30). The van der Waals surface area contributed by atoms with Gasteiger partial charge in [0.15, 0.2) is 0 Å². The van der Waals surface area contributed by atoms with Crippen molar-refractivity contribution in [2.45, 2.75) is 19.9 Å². The largest absolute Gasteiger partial charge is 0.374 e. The van der Waals surface area contributed by atoms with Crippen molar-refractivity contribution in [1.29, 1.82) is 0 Å². The van der Waals surface area contributed by atoms with Crippen molar-refractivity contribution in [3.8, 4) is 0 Å². The van der Waals surface area contributed by atoms with Crippen LogP contribution < -0.4 is 10.6 Å². The van der Waals surface area contributed by atoms with Crippen molar-refractivity contribution < 1.29 is 4.79 Å². The van der Waals surface area contributed by atoms with Crippen LogP contribution in [0.1, 0.15) is 38.0 Å². The minimum atomic E-state index is -0.126. The molecule has 1 unspecified atom stereocenters. The normalized spacial score (nSPS) is 11.7. The third-order valence-corrected chi connectivity index (χ3v) is 6.66. The SMILES string of the molecule is Cc1sc(NC(=O)c2ccccc2)c(C(Nc2ccc(Cl)cc2)c2ccccc2)c1C. The van der Waals surface area contributed by atoms with Gasteiger partial charge in [0.1, 0.15) is 5.00 Å². The van der Waals surface area contributed by atoms with E-state index in [0.717, 1.165) is 21.8 Å². The van der Waals surface area contributed by atoms with Gasteiger partial charge < -0.3 is 10.6 Å². The summed E-state index contributed by atoms with van der Waals surface area (Å²) in [7, 11) is 0. The molecule has 1 heterocycles. The lowest BCUT2D eigenvalue weighted by molar-refractivity contribution is 0.102. The third-order valence-electron chi connectivity index (χ3n) is 5.27. The Morgan fingerprint density at radius 3 is 2.13 bits per heavy atom. The van der Waals surface area contributed by atoms with Crippen LogP contribution >= 0.6 is 22.9 Å². The van der Waals surface area contributed by atoms with Crippen LogP contribution in [0.3, 0.4) is 0 Å². The topological polar surface area (TPSA) is 41.1 Å². The number of carbonyl (C=O) groups is 1. The fraction of sp³-hybridized carbons (Fsp3) is 0.115. The molecule has 0 aliphatic heterocycles. The molecule has 0 radical (unpaired) electrons. The van der Waals surface area contributed by atoms with Gasteiger partial charge in [0.2, 0.25) is 0 Å². The first kappa shape index (κ1) is 21.2. The molecule has 1 aromatic heterocycles. The molecule has 31 heavy (non-hydrogen) atoms. The van der Waals surface area contributed by atoms with Gasteiger partial charge in [-0.25, -0.2) is 0 Å². The fourth-order valence-corrected chi connectivity index (χ4v) is 4.75. The summed E-state index contributed by atoms with van der Waals surface area (Å²) >= 11 is 7.68. The van der Waals surface area contributed by atoms with Crippen molar-refractivity contribution >= 4 is 39.5 Å². The van der Waals surface area contributed by atoms with E-state index in [9.17, 15) is 4.79 Å². The first-order valence-corrected chi connectivity index (χ1v) is 11.3. The molecule has 0 bridgehead atoms. The summed E-state index contributed by atoms with van der Waals surface area (Å²) in [6, 6.07) is 27.1. The van der Waals surface area contributed by atoms with Gasteiger partial charge >= 0.3 is 0 Å². The summed E-state index contributed by atoms with van der Waals surface area (Å²) in [5, 5.41) is 8.35. The number of hydrogen-bond acceptors (Lipinski definition) is 3. The Bertz CT molecular complexity index is 1170. The second kappa shape index (κ2) is 9.38. The van der Waals surface area contributed by atoms with Gasteiger partial charge in [-0.05, 0) is 61.4 Å². The molecule has 5 heteroatoms. The van der Waals surface area contributed by atoms with Gasteiger partial charge in [-0.3, -0.25) is 4.79 Å². The Morgan fingerprint density at radius 2 is 1.48 bits per heavy atom. The smallest absolute Gasteiger partial charge is 0.256 e. The van der Waals surface area contributed by atoms with Crippen LogP contribution in [0.2, 0.25) is 5.02 Å². The highest BCUT2D eigenvalue weighted by molar-refractivity contribution is 7.16. The number of benzene rings is 3. The second-order valence-electron chi connectivity index (χ2n) is 7.34. The van der Waals surface area contributed by atoms with E-state index < -0.39 is 0 Å². The molecule has 1 atom stereocenters. The van der Waals surface area contributed by atoms with Gasteiger partial charge in [0.05, 0.1) is 6.04 Å². The molecular formula is C26H23ClN2OS. The molecular weight excluding hydrogens is 424 g/mol. The van der Waals surface area contributed by atoms with Crippen LogP contribution in [0, 0.1) is 13.8 Å². The molecule has 156 valence electrons. The van der Waals surface area contributed by atoms with Crippen LogP contribution in [0.15, 0.2) is 84.9 Å². The lowest BCUT2D eigenvalue weighted by Gasteiger charge is -2.23. The summed E-state index contributed by atoms with van der Waals surface area (Å²) in [6.07, 6.45) is 0. The maximum Gasteiger partial charge on any atom is 0.256 e. The number of anilines is 2. The summed E-state index contributed by atoms with van der Waals surface area (Å²) in [6.45, 7) is 4.20. The van der Waals surface area contributed by atoms with Gasteiger partial charge in [-0.1, -0.05) is 60.1 Å². The van der Waals surface area contributed by atoms with Crippen molar-refractivity contribution in [2.24, 2.45) is 0 Å². The number of thiophene rings is 1. The molecule has 0 fully saturated rings.